The summed E-state index contributed by atoms with van der Waals surface area (Å²) >= 11 is 0. The van der Waals surface area contributed by atoms with Crippen LogP contribution in [-0.4, -0.2) is 37.6 Å². The van der Waals surface area contributed by atoms with Crippen LogP contribution in [0.1, 0.15) is 12.6 Å². The Morgan fingerprint density at radius 1 is 1.26 bits per heavy atom. The lowest BCUT2D eigenvalue weighted by Gasteiger charge is -2.21. The molecule has 0 spiro atoms. The van der Waals surface area contributed by atoms with Crippen LogP contribution < -0.4 is 0 Å². The normalized spacial score (nSPS) is 12.3. The van der Waals surface area contributed by atoms with Crippen LogP contribution in [0.2, 0.25) is 0 Å². The van der Waals surface area contributed by atoms with Crippen molar-refractivity contribution in [1.82, 2.24) is 24.6 Å². The Hall–Kier alpha value is -2.76. The minimum Gasteiger partial charge on any atom is -0.340 e. The Bertz CT molecular complexity index is 800. The van der Waals surface area contributed by atoms with Gasteiger partial charge in [-0.2, -0.15) is 5.10 Å². The molecule has 0 radical (unpaired) electrons. The number of benzene rings is 1. The van der Waals surface area contributed by atoms with Crippen molar-refractivity contribution in [3.63, 3.8) is 0 Å². The lowest BCUT2D eigenvalue weighted by molar-refractivity contribution is -0.134. The third-order valence-corrected chi connectivity index (χ3v) is 3.72. The van der Waals surface area contributed by atoms with E-state index in [1.165, 1.54) is 0 Å². The van der Waals surface area contributed by atoms with Crippen molar-refractivity contribution in [3.8, 4) is 0 Å². The quantitative estimate of drug-likeness (QED) is 0.724. The molecule has 0 bridgehead atoms. The van der Waals surface area contributed by atoms with E-state index in [1.54, 1.807) is 29.0 Å². The number of amides is 1. The zero-order valence-electron chi connectivity index (χ0n) is 13.3. The topological polar surface area (TPSA) is 63.9 Å². The highest BCUT2D eigenvalue weighted by Crippen LogP contribution is 2.11. The van der Waals surface area contributed by atoms with Gasteiger partial charge in [0.2, 0.25) is 5.91 Å². The Kier molecular flexibility index (Phi) is 4.32. The fourth-order valence-corrected chi connectivity index (χ4v) is 2.54. The summed E-state index contributed by atoms with van der Waals surface area (Å²) in [6, 6.07) is 9.57. The molecule has 3 aromatic rings. The fraction of sp³-hybridized carbons (Fsp3) is 0.294. The molecule has 1 atom stereocenters. The molecule has 0 unspecified atom stereocenters. The SMILES string of the molecule is C[C@@H](Cn1cccn1)C(=O)N(C)Cc1cnc2ccccc2n1. The average molecular weight is 309 g/mol. The molecule has 2 aromatic heterocycles. The van der Waals surface area contributed by atoms with Crippen molar-refractivity contribution in [2.24, 2.45) is 5.92 Å². The molecule has 0 saturated heterocycles. The standard InChI is InChI=1S/C17H19N5O/c1-13(11-22-9-5-8-19-22)17(23)21(2)12-14-10-18-15-6-3-4-7-16(15)20-14/h3-10,13H,11-12H2,1-2H3/t13-/m0/s1. The van der Waals surface area contributed by atoms with Gasteiger partial charge in [0.25, 0.3) is 0 Å². The number of aromatic nitrogens is 4. The molecule has 6 heteroatoms. The van der Waals surface area contributed by atoms with Crippen molar-refractivity contribution in [1.29, 1.82) is 0 Å². The van der Waals surface area contributed by atoms with Crippen molar-refractivity contribution >= 4 is 16.9 Å². The number of nitrogens with zero attached hydrogens (tertiary/aromatic N) is 5. The van der Waals surface area contributed by atoms with Crippen molar-refractivity contribution in [2.45, 2.75) is 20.0 Å². The minimum absolute atomic E-state index is 0.0652. The van der Waals surface area contributed by atoms with E-state index in [0.717, 1.165) is 16.7 Å². The van der Waals surface area contributed by atoms with E-state index in [-0.39, 0.29) is 11.8 Å². The summed E-state index contributed by atoms with van der Waals surface area (Å²) < 4.78 is 1.77. The van der Waals surface area contributed by atoms with E-state index in [2.05, 4.69) is 15.1 Å². The predicted molar refractivity (Wildman–Crippen MR) is 87.4 cm³/mol. The molecule has 2 heterocycles. The van der Waals surface area contributed by atoms with Crippen LogP contribution >= 0.6 is 0 Å². The summed E-state index contributed by atoms with van der Waals surface area (Å²) in [7, 11) is 1.79. The monoisotopic (exact) mass is 309 g/mol. The molecule has 0 fully saturated rings. The smallest absolute Gasteiger partial charge is 0.227 e. The van der Waals surface area contributed by atoms with Crippen molar-refractivity contribution in [2.75, 3.05) is 7.05 Å². The van der Waals surface area contributed by atoms with Crippen LogP contribution in [0.15, 0.2) is 48.9 Å². The Morgan fingerprint density at radius 2 is 2.04 bits per heavy atom. The van der Waals surface area contributed by atoms with Gasteiger partial charge in [-0.15, -0.1) is 0 Å². The molecule has 118 valence electrons. The van der Waals surface area contributed by atoms with E-state index < -0.39 is 0 Å². The van der Waals surface area contributed by atoms with Crippen LogP contribution in [0.3, 0.4) is 0 Å². The Balaban J connectivity index is 1.66. The molecular formula is C17H19N5O. The van der Waals surface area contributed by atoms with Gasteiger partial charge in [-0.1, -0.05) is 19.1 Å². The van der Waals surface area contributed by atoms with Gasteiger partial charge < -0.3 is 4.90 Å². The summed E-state index contributed by atoms with van der Waals surface area (Å²) in [5, 5.41) is 4.14. The van der Waals surface area contributed by atoms with Gasteiger partial charge in [-0.3, -0.25) is 14.5 Å². The molecule has 6 nitrogen and oxygen atoms in total. The zero-order valence-corrected chi connectivity index (χ0v) is 13.3. The van der Waals surface area contributed by atoms with Gasteiger partial charge in [-0.25, -0.2) is 4.98 Å². The number of carbonyl (C=O) groups excluding carboxylic acids is 1. The second kappa shape index (κ2) is 6.56. The van der Waals surface area contributed by atoms with Crippen LogP contribution in [0.25, 0.3) is 11.0 Å². The first-order valence-corrected chi connectivity index (χ1v) is 7.56. The van der Waals surface area contributed by atoms with E-state index >= 15 is 0 Å². The molecule has 0 aliphatic heterocycles. The van der Waals surface area contributed by atoms with Crippen LogP contribution in [-0.2, 0) is 17.9 Å². The first kappa shape index (κ1) is 15.1. The van der Waals surface area contributed by atoms with Crippen molar-refractivity contribution < 1.29 is 4.79 Å². The maximum Gasteiger partial charge on any atom is 0.227 e. The maximum atomic E-state index is 12.5. The molecule has 3 rings (SSSR count). The number of hydrogen-bond acceptors (Lipinski definition) is 4. The highest BCUT2D eigenvalue weighted by molar-refractivity contribution is 5.78. The van der Waals surface area contributed by atoms with Gasteiger partial charge in [-0.05, 0) is 18.2 Å². The second-order valence-electron chi connectivity index (χ2n) is 5.67. The number of carbonyl (C=O) groups is 1. The van der Waals surface area contributed by atoms with Crippen LogP contribution in [0.5, 0.6) is 0 Å². The first-order valence-electron chi connectivity index (χ1n) is 7.56. The predicted octanol–water partition coefficient (Wildman–Crippen LogP) is 2.12. The van der Waals surface area contributed by atoms with E-state index in [1.807, 2.05) is 43.5 Å². The molecule has 0 saturated carbocycles. The average Bonchev–Trinajstić information content (AvgIpc) is 3.07. The van der Waals surface area contributed by atoms with E-state index in [9.17, 15) is 4.79 Å². The summed E-state index contributed by atoms with van der Waals surface area (Å²) in [5.41, 5.74) is 2.48. The van der Waals surface area contributed by atoms with Crippen LogP contribution in [0, 0.1) is 5.92 Å². The largest absolute Gasteiger partial charge is 0.340 e. The number of hydrogen-bond donors (Lipinski definition) is 0. The molecule has 23 heavy (non-hydrogen) atoms. The minimum atomic E-state index is -0.145. The van der Waals surface area contributed by atoms with Gasteiger partial charge in [0.1, 0.15) is 0 Å². The Labute approximate surface area is 134 Å². The highest BCUT2D eigenvalue weighted by Gasteiger charge is 2.18. The zero-order chi connectivity index (χ0) is 16.2. The summed E-state index contributed by atoms with van der Waals surface area (Å²) in [4.78, 5) is 23.1. The van der Waals surface area contributed by atoms with Gasteiger partial charge in [0.05, 0.1) is 41.9 Å². The fourth-order valence-electron chi connectivity index (χ4n) is 2.54. The third kappa shape index (κ3) is 3.53. The lowest BCUT2D eigenvalue weighted by atomic mass is 10.1. The van der Waals surface area contributed by atoms with Gasteiger partial charge in [0.15, 0.2) is 0 Å². The number of para-hydroxylation sites is 2. The molecule has 0 N–H and O–H groups in total. The third-order valence-electron chi connectivity index (χ3n) is 3.72. The van der Waals surface area contributed by atoms with E-state index in [4.69, 9.17) is 0 Å². The summed E-state index contributed by atoms with van der Waals surface area (Å²) in [5.74, 6) is -0.0798. The Morgan fingerprint density at radius 3 is 2.78 bits per heavy atom. The van der Waals surface area contributed by atoms with Gasteiger partial charge >= 0.3 is 0 Å². The maximum absolute atomic E-state index is 12.5. The summed E-state index contributed by atoms with van der Waals surface area (Å²) in [6.07, 6.45) is 5.30. The molecule has 0 aliphatic rings. The number of fused-ring (bicyclic) bond motifs is 1. The molecule has 0 aliphatic carbocycles. The van der Waals surface area contributed by atoms with Crippen molar-refractivity contribution in [3.05, 3.63) is 54.6 Å². The lowest BCUT2D eigenvalue weighted by Crippen LogP contribution is -2.33. The van der Waals surface area contributed by atoms with Gasteiger partial charge in [0, 0.05) is 19.4 Å². The highest BCUT2D eigenvalue weighted by atomic mass is 16.2. The second-order valence-corrected chi connectivity index (χ2v) is 5.67. The molecular weight excluding hydrogens is 290 g/mol. The number of rotatable bonds is 5. The summed E-state index contributed by atoms with van der Waals surface area (Å²) in [6.45, 7) is 2.92. The van der Waals surface area contributed by atoms with E-state index in [0.29, 0.717) is 13.1 Å². The molecule has 1 amide bonds. The first-order chi connectivity index (χ1) is 11.1. The molecule has 1 aromatic carbocycles. The van der Waals surface area contributed by atoms with Crippen LogP contribution in [0.4, 0.5) is 0 Å².